The second kappa shape index (κ2) is 14.7. The third-order valence-electron chi connectivity index (χ3n) is 6.07. The molecule has 0 heterocycles. The van der Waals surface area contributed by atoms with Gasteiger partial charge in [-0.2, -0.15) is 0 Å². The van der Waals surface area contributed by atoms with Gasteiger partial charge < -0.3 is 25.4 Å². The maximum Gasteiger partial charge on any atom is 0.408 e. The third kappa shape index (κ3) is 11.3. The maximum absolute atomic E-state index is 14.4. The van der Waals surface area contributed by atoms with Crippen molar-refractivity contribution in [3.05, 3.63) is 65.7 Å². The highest BCUT2D eigenvalue weighted by molar-refractivity contribution is 5.92. The Morgan fingerprint density at radius 2 is 1.52 bits per heavy atom. The quantitative estimate of drug-likeness (QED) is 0.284. The lowest BCUT2D eigenvalue weighted by atomic mass is 9.98. The second-order valence-corrected chi connectivity index (χ2v) is 12.2. The number of unbranched alkanes of at least 4 members (excludes halogenated alkanes) is 3. The molecule has 0 aromatic heterocycles. The number of phenolic OH excluding ortho intramolecular Hbond substituents is 1. The smallest absolute Gasteiger partial charge is 0.408 e. The van der Waals surface area contributed by atoms with Crippen molar-refractivity contribution in [1.82, 2.24) is 15.5 Å². The van der Waals surface area contributed by atoms with Crippen LogP contribution in [0, 0.1) is 0 Å². The fourth-order valence-electron chi connectivity index (χ4n) is 4.34. The first kappa shape index (κ1) is 32.7. The standard InChI is InChI=1S/C32H47N3O5/c1-8-9-10-14-21-35(27(24-15-12-11-13-16-24)28(37)34-31(2,3)4)29(38)26(33-30(39)40-32(5,6)7)22-23-17-19-25(36)20-18-23/h11-13,15-20,26-27,36H,8-10,14,21-22H2,1-7H3,(H,33,39)(H,34,37). The molecule has 0 fully saturated rings. The molecular weight excluding hydrogens is 506 g/mol. The number of aromatic hydroxyl groups is 1. The predicted octanol–water partition coefficient (Wildman–Crippen LogP) is 5.89. The van der Waals surface area contributed by atoms with Crippen LogP contribution in [0.1, 0.15) is 91.3 Å². The Hall–Kier alpha value is -3.55. The maximum atomic E-state index is 14.4. The molecule has 2 aromatic carbocycles. The molecule has 0 aliphatic rings. The molecule has 0 saturated carbocycles. The highest BCUT2D eigenvalue weighted by atomic mass is 16.6. The van der Waals surface area contributed by atoms with Crippen LogP contribution in [0.4, 0.5) is 4.79 Å². The van der Waals surface area contributed by atoms with E-state index in [9.17, 15) is 19.5 Å². The first-order valence-corrected chi connectivity index (χ1v) is 14.1. The Kier molecular flexibility index (Phi) is 12.0. The van der Waals surface area contributed by atoms with Crippen LogP contribution in [0.25, 0.3) is 0 Å². The van der Waals surface area contributed by atoms with E-state index in [-0.39, 0.29) is 24.0 Å². The molecule has 8 nitrogen and oxygen atoms in total. The number of amides is 3. The molecule has 40 heavy (non-hydrogen) atoms. The zero-order chi connectivity index (χ0) is 29.9. The van der Waals surface area contributed by atoms with E-state index in [1.54, 1.807) is 37.8 Å². The van der Waals surface area contributed by atoms with Gasteiger partial charge >= 0.3 is 6.09 Å². The number of carbonyl (C=O) groups excluding carboxylic acids is 3. The number of carbonyl (C=O) groups is 3. The normalized spacial score (nSPS) is 13.2. The van der Waals surface area contributed by atoms with Crippen LogP contribution in [0.2, 0.25) is 0 Å². The number of rotatable bonds is 12. The molecule has 0 spiro atoms. The highest BCUT2D eigenvalue weighted by Crippen LogP contribution is 2.25. The summed E-state index contributed by atoms with van der Waals surface area (Å²) in [5, 5.41) is 15.6. The van der Waals surface area contributed by atoms with E-state index in [0.717, 1.165) is 24.8 Å². The number of phenols is 1. The molecule has 0 aliphatic carbocycles. The van der Waals surface area contributed by atoms with E-state index in [4.69, 9.17) is 4.74 Å². The lowest BCUT2D eigenvalue weighted by molar-refractivity contribution is -0.143. The Balaban J connectivity index is 2.54. The first-order chi connectivity index (χ1) is 18.7. The van der Waals surface area contributed by atoms with Crippen molar-refractivity contribution < 1.29 is 24.2 Å². The van der Waals surface area contributed by atoms with Gasteiger partial charge in [0.25, 0.3) is 0 Å². The van der Waals surface area contributed by atoms with Crippen LogP contribution in [-0.2, 0) is 20.7 Å². The van der Waals surface area contributed by atoms with Gasteiger partial charge in [0.15, 0.2) is 0 Å². The predicted molar refractivity (Wildman–Crippen MR) is 158 cm³/mol. The molecule has 0 radical (unpaired) electrons. The fraction of sp³-hybridized carbons (Fsp3) is 0.531. The number of hydrogen-bond acceptors (Lipinski definition) is 5. The van der Waals surface area contributed by atoms with Crippen molar-refractivity contribution in [2.75, 3.05) is 6.54 Å². The van der Waals surface area contributed by atoms with Crippen molar-refractivity contribution >= 4 is 17.9 Å². The molecule has 2 rings (SSSR count). The average molecular weight is 554 g/mol. The van der Waals surface area contributed by atoms with E-state index >= 15 is 0 Å². The van der Waals surface area contributed by atoms with Crippen LogP contribution >= 0.6 is 0 Å². The number of alkyl carbamates (subject to hydrolysis) is 1. The Morgan fingerprint density at radius 1 is 0.900 bits per heavy atom. The summed E-state index contributed by atoms with van der Waals surface area (Å²) in [6.07, 6.45) is 3.11. The largest absolute Gasteiger partial charge is 0.508 e. The van der Waals surface area contributed by atoms with Crippen molar-refractivity contribution in [3.63, 3.8) is 0 Å². The summed E-state index contributed by atoms with van der Waals surface area (Å²) in [7, 11) is 0. The number of benzene rings is 2. The van der Waals surface area contributed by atoms with Crippen molar-refractivity contribution in [3.8, 4) is 5.75 Å². The van der Waals surface area contributed by atoms with Crippen molar-refractivity contribution in [1.29, 1.82) is 0 Å². The third-order valence-corrected chi connectivity index (χ3v) is 6.07. The summed E-state index contributed by atoms with van der Waals surface area (Å²) in [6.45, 7) is 13.4. The SMILES string of the molecule is CCCCCCN(C(=O)C(Cc1ccc(O)cc1)NC(=O)OC(C)(C)C)C(C(=O)NC(C)(C)C)c1ccccc1. The number of nitrogens with one attached hydrogen (secondary N) is 2. The zero-order valence-electron chi connectivity index (χ0n) is 25.1. The van der Waals surface area contributed by atoms with Gasteiger partial charge in [0.2, 0.25) is 11.8 Å². The van der Waals surface area contributed by atoms with Crippen molar-refractivity contribution in [2.45, 2.75) is 104 Å². The first-order valence-electron chi connectivity index (χ1n) is 14.1. The van der Waals surface area contributed by atoms with E-state index in [0.29, 0.717) is 18.5 Å². The van der Waals surface area contributed by atoms with Gasteiger partial charge in [0, 0.05) is 18.5 Å². The molecule has 2 unspecified atom stereocenters. The molecule has 3 amide bonds. The lowest BCUT2D eigenvalue weighted by Crippen LogP contribution is -2.55. The van der Waals surface area contributed by atoms with E-state index in [1.807, 2.05) is 51.1 Å². The van der Waals surface area contributed by atoms with Gasteiger partial charge in [-0.05, 0) is 71.2 Å². The van der Waals surface area contributed by atoms with Gasteiger partial charge in [0.1, 0.15) is 23.4 Å². The molecule has 0 bridgehead atoms. The van der Waals surface area contributed by atoms with Crippen LogP contribution in [0.5, 0.6) is 5.75 Å². The minimum absolute atomic E-state index is 0.104. The second-order valence-electron chi connectivity index (χ2n) is 12.2. The summed E-state index contributed by atoms with van der Waals surface area (Å²) in [5.41, 5.74) is 0.165. The summed E-state index contributed by atoms with van der Waals surface area (Å²) < 4.78 is 5.49. The van der Waals surface area contributed by atoms with Gasteiger partial charge in [-0.15, -0.1) is 0 Å². The zero-order valence-corrected chi connectivity index (χ0v) is 25.1. The minimum atomic E-state index is -1.00. The van der Waals surface area contributed by atoms with E-state index in [1.165, 1.54) is 12.1 Å². The molecule has 0 saturated heterocycles. The average Bonchev–Trinajstić information content (AvgIpc) is 2.84. The molecule has 0 aliphatic heterocycles. The molecule has 8 heteroatoms. The topological polar surface area (TPSA) is 108 Å². The number of ether oxygens (including phenoxy) is 1. The monoisotopic (exact) mass is 553 g/mol. The fourth-order valence-corrected chi connectivity index (χ4v) is 4.34. The van der Waals surface area contributed by atoms with Crippen LogP contribution in [0.3, 0.4) is 0 Å². The molecule has 3 N–H and O–H groups in total. The Bertz CT molecular complexity index is 1090. The molecular formula is C32H47N3O5. The molecule has 220 valence electrons. The lowest BCUT2D eigenvalue weighted by Gasteiger charge is -2.36. The van der Waals surface area contributed by atoms with E-state index < -0.39 is 29.3 Å². The van der Waals surface area contributed by atoms with Gasteiger partial charge in [-0.1, -0.05) is 68.7 Å². The number of nitrogens with zero attached hydrogens (tertiary/aromatic N) is 1. The summed E-state index contributed by atoms with van der Waals surface area (Å²) in [6, 6.07) is 13.8. The number of hydrogen-bond donors (Lipinski definition) is 3. The van der Waals surface area contributed by atoms with Crippen LogP contribution in [0.15, 0.2) is 54.6 Å². The van der Waals surface area contributed by atoms with Crippen molar-refractivity contribution in [2.24, 2.45) is 0 Å². The Morgan fingerprint density at radius 3 is 2.08 bits per heavy atom. The molecule has 2 atom stereocenters. The Labute approximate surface area is 239 Å². The summed E-state index contributed by atoms with van der Waals surface area (Å²) in [5.74, 6) is -0.566. The van der Waals surface area contributed by atoms with Gasteiger partial charge in [0.05, 0.1) is 0 Å². The van der Waals surface area contributed by atoms with Crippen LogP contribution in [-0.4, -0.2) is 51.6 Å². The summed E-state index contributed by atoms with van der Waals surface area (Å²) in [4.78, 5) is 42.6. The van der Waals surface area contributed by atoms with Gasteiger partial charge in [-0.3, -0.25) is 9.59 Å². The van der Waals surface area contributed by atoms with Gasteiger partial charge in [-0.25, -0.2) is 4.79 Å². The minimum Gasteiger partial charge on any atom is -0.508 e. The van der Waals surface area contributed by atoms with E-state index in [2.05, 4.69) is 17.6 Å². The highest BCUT2D eigenvalue weighted by Gasteiger charge is 2.37. The van der Waals surface area contributed by atoms with Crippen LogP contribution < -0.4 is 10.6 Å². The molecule has 2 aromatic rings. The summed E-state index contributed by atoms with van der Waals surface area (Å²) >= 11 is 0.